The maximum Gasteiger partial charge on any atom is 0.422 e. The number of ether oxygens (including phenoxy) is 1. The van der Waals surface area contributed by atoms with Crippen LogP contribution in [-0.4, -0.2) is 36.3 Å². The lowest BCUT2D eigenvalue weighted by Gasteiger charge is -2.12. The summed E-state index contributed by atoms with van der Waals surface area (Å²) in [6.45, 7) is 2.23. The number of urea groups is 1. The standard InChI is InChI=1S/C18H17F3N4O3/c1-2-9-23-17(27)25-13-7-5-12(6-8-13)24-15(26)14-4-3-10-22-16(14)28-11-18(19,20)21/h2-8,10H,1,9,11H2,(H,24,26)(H2,23,25,27). The molecule has 1 heterocycles. The topological polar surface area (TPSA) is 92.4 Å². The van der Waals surface area contributed by atoms with Gasteiger partial charge in [0, 0.05) is 24.1 Å². The number of carbonyl (C=O) groups is 2. The molecule has 0 radical (unpaired) electrons. The molecule has 10 heteroatoms. The van der Waals surface area contributed by atoms with Gasteiger partial charge in [-0.1, -0.05) is 6.08 Å². The Morgan fingerprint density at radius 2 is 1.75 bits per heavy atom. The summed E-state index contributed by atoms with van der Waals surface area (Å²) in [6.07, 6.45) is -1.80. The van der Waals surface area contributed by atoms with E-state index in [1.165, 1.54) is 36.5 Å². The summed E-state index contributed by atoms with van der Waals surface area (Å²) >= 11 is 0. The summed E-state index contributed by atoms with van der Waals surface area (Å²) in [7, 11) is 0. The summed E-state index contributed by atoms with van der Waals surface area (Å²) in [5.74, 6) is -1.11. The Kier molecular flexibility index (Phi) is 6.96. The molecule has 0 spiro atoms. The van der Waals surface area contributed by atoms with Crippen LogP contribution in [0.1, 0.15) is 10.4 Å². The van der Waals surface area contributed by atoms with E-state index in [1.807, 2.05) is 0 Å². The molecule has 2 aromatic rings. The number of alkyl halides is 3. The second-order valence-corrected chi connectivity index (χ2v) is 5.42. The Hall–Kier alpha value is -3.56. The normalized spacial score (nSPS) is 10.7. The number of pyridine rings is 1. The van der Waals surface area contributed by atoms with E-state index in [0.717, 1.165) is 0 Å². The zero-order chi connectivity index (χ0) is 20.6. The smallest absolute Gasteiger partial charge is 0.422 e. The van der Waals surface area contributed by atoms with Gasteiger partial charge < -0.3 is 20.7 Å². The number of hydrogen-bond donors (Lipinski definition) is 3. The molecule has 0 saturated carbocycles. The monoisotopic (exact) mass is 394 g/mol. The van der Waals surface area contributed by atoms with Gasteiger partial charge in [0.15, 0.2) is 6.61 Å². The van der Waals surface area contributed by atoms with Crippen molar-refractivity contribution in [3.63, 3.8) is 0 Å². The lowest BCUT2D eigenvalue weighted by molar-refractivity contribution is -0.154. The first-order valence-electron chi connectivity index (χ1n) is 8.00. The minimum atomic E-state index is -4.55. The predicted molar refractivity (Wildman–Crippen MR) is 97.4 cm³/mol. The molecule has 7 nitrogen and oxygen atoms in total. The van der Waals surface area contributed by atoms with Crippen molar-refractivity contribution in [2.75, 3.05) is 23.8 Å². The molecule has 0 bridgehead atoms. The first kappa shape index (κ1) is 20.7. The van der Waals surface area contributed by atoms with Crippen molar-refractivity contribution in [2.24, 2.45) is 0 Å². The van der Waals surface area contributed by atoms with Crippen molar-refractivity contribution in [3.05, 3.63) is 60.8 Å². The van der Waals surface area contributed by atoms with Crippen LogP contribution in [0.3, 0.4) is 0 Å². The number of hydrogen-bond acceptors (Lipinski definition) is 4. The van der Waals surface area contributed by atoms with Crippen LogP contribution in [-0.2, 0) is 0 Å². The number of benzene rings is 1. The number of nitrogens with zero attached hydrogens (tertiary/aromatic N) is 1. The van der Waals surface area contributed by atoms with Crippen molar-refractivity contribution in [1.82, 2.24) is 10.3 Å². The fraction of sp³-hybridized carbons (Fsp3) is 0.167. The summed E-state index contributed by atoms with van der Waals surface area (Å²) in [5, 5.41) is 7.65. The molecule has 1 aromatic heterocycles. The third-order valence-corrected chi connectivity index (χ3v) is 3.20. The van der Waals surface area contributed by atoms with Crippen molar-refractivity contribution in [3.8, 4) is 5.88 Å². The lowest BCUT2D eigenvalue weighted by atomic mass is 10.2. The van der Waals surface area contributed by atoms with Gasteiger partial charge in [0.1, 0.15) is 5.56 Å². The predicted octanol–water partition coefficient (Wildman–Crippen LogP) is 3.58. The molecule has 0 aliphatic carbocycles. The summed E-state index contributed by atoms with van der Waals surface area (Å²) in [6, 6.07) is 8.43. The van der Waals surface area contributed by atoms with Gasteiger partial charge in [0.05, 0.1) is 0 Å². The maximum absolute atomic E-state index is 12.3. The van der Waals surface area contributed by atoms with Crippen LogP contribution in [0.5, 0.6) is 5.88 Å². The lowest BCUT2D eigenvalue weighted by Crippen LogP contribution is -2.28. The van der Waals surface area contributed by atoms with E-state index in [2.05, 4.69) is 32.3 Å². The molecule has 1 aromatic carbocycles. The zero-order valence-corrected chi connectivity index (χ0v) is 14.5. The first-order valence-corrected chi connectivity index (χ1v) is 8.00. The molecular weight excluding hydrogens is 377 g/mol. The van der Waals surface area contributed by atoms with Crippen LogP contribution < -0.4 is 20.7 Å². The number of amides is 3. The number of rotatable bonds is 7. The molecule has 0 fully saturated rings. The highest BCUT2D eigenvalue weighted by Crippen LogP contribution is 2.21. The van der Waals surface area contributed by atoms with E-state index in [-0.39, 0.29) is 5.56 Å². The summed E-state index contributed by atoms with van der Waals surface area (Å²) < 4.78 is 41.6. The van der Waals surface area contributed by atoms with Gasteiger partial charge in [0.25, 0.3) is 5.91 Å². The van der Waals surface area contributed by atoms with Gasteiger partial charge in [-0.15, -0.1) is 6.58 Å². The number of aromatic nitrogens is 1. The van der Waals surface area contributed by atoms with Gasteiger partial charge in [-0.05, 0) is 36.4 Å². The first-order chi connectivity index (χ1) is 13.3. The largest absolute Gasteiger partial charge is 0.467 e. The number of halogens is 3. The summed E-state index contributed by atoms with van der Waals surface area (Å²) in [4.78, 5) is 27.6. The molecule has 3 amide bonds. The van der Waals surface area contributed by atoms with Gasteiger partial charge in [-0.25, -0.2) is 9.78 Å². The SMILES string of the molecule is C=CCNC(=O)Nc1ccc(NC(=O)c2cccnc2OCC(F)(F)F)cc1. The van der Waals surface area contributed by atoms with Crippen LogP contribution in [0.2, 0.25) is 0 Å². The molecule has 0 aliphatic heterocycles. The van der Waals surface area contributed by atoms with Crippen LogP contribution in [0, 0.1) is 0 Å². The van der Waals surface area contributed by atoms with Gasteiger partial charge in [-0.2, -0.15) is 13.2 Å². The highest BCUT2D eigenvalue weighted by Gasteiger charge is 2.29. The van der Waals surface area contributed by atoms with Crippen molar-refractivity contribution in [2.45, 2.75) is 6.18 Å². The molecule has 148 valence electrons. The van der Waals surface area contributed by atoms with Crippen LogP contribution in [0.25, 0.3) is 0 Å². The van der Waals surface area contributed by atoms with Crippen LogP contribution in [0.15, 0.2) is 55.3 Å². The van der Waals surface area contributed by atoms with E-state index in [1.54, 1.807) is 12.1 Å². The fourth-order valence-electron chi connectivity index (χ4n) is 2.00. The van der Waals surface area contributed by atoms with Gasteiger partial charge in [0.2, 0.25) is 5.88 Å². The third-order valence-electron chi connectivity index (χ3n) is 3.20. The quantitative estimate of drug-likeness (QED) is 0.626. The molecule has 0 aliphatic rings. The maximum atomic E-state index is 12.3. The van der Waals surface area contributed by atoms with E-state index in [0.29, 0.717) is 17.9 Å². The second kappa shape index (κ2) is 9.40. The molecule has 3 N–H and O–H groups in total. The Balaban J connectivity index is 2.01. The van der Waals surface area contributed by atoms with Crippen molar-refractivity contribution >= 4 is 23.3 Å². The number of anilines is 2. The molecular formula is C18H17F3N4O3. The summed E-state index contributed by atoms with van der Waals surface area (Å²) in [5.41, 5.74) is 0.709. The third kappa shape index (κ3) is 6.63. The molecule has 28 heavy (non-hydrogen) atoms. The van der Waals surface area contributed by atoms with Gasteiger partial charge >= 0.3 is 12.2 Å². The molecule has 0 saturated heterocycles. The fourth-order valence-corrected chi connectivity index (χ4v) is 2.00. The molecule has 0 atom stereocenters. The number of carbonyl (C=O) groups excluding carboxylic acids is 2. The van der Waals surface area contributed by atoms with Crippen molar-refractivity contribution < 1.29 is 27.5 Å². The van der Waals surface area contributed by atoms with Gasteiger partial charge in [-0.3, -0.25) is 4.79 Å². The zero-order valence-electron chi connectivity index (χ0n) is 14.5. The Labute approximate surface area is 158 Å². The van der Waals surface area contributed by atoms with E-state index in [4.69, 9.17) is 0 Å². The van der Waals surface area contributed by atoms with Crippen LogP contribution in [0.4, 0.5) is 29.3 Å². The highest BCUT2D eigenvalue weighted by molar-refractivity contribution is 6.05. The van der Waals surface area contributed by atoms with E-state index >= 15 is 0 Å². The van der Waals surface area contributed by atoms with E-state index in [9.17, 15) is 22.8 Å². The molecule has 0 unspecified atom stereocenters. The Morgan fingerprint density at radius 1 is 1.11 bits per heavy atom. The number of nitrogens with one attached hydrogen (secondary N) is 3. The van der Waals surface area contributed by atoms with Crippen LogP contribution >= 0.6 is 0 Å². The molecule has 2 rings (SSSR count). The average Bonchev–Trinajstić information content (AvgIpc) is 2.66. The minimum absolute atomic E-state index is 0.141. The average molecular weight is 394 g/mol. The Bertz CT molecular complexity index is 839. The highest BCUT2D eigenvalue weighted by atomic mass is 19.4. The minimum Gasteiger partial charge on any atom is -0.467 e. The Morgan fingerprint density at radius 3 is 2.36 bits per heavy atom. The van der Waals surface area contributed by atoms with Crippen molar-refractivity contribution in [1.29, 1.82) is 0 Å². The second-order valence-electron chi connectivity index (χ2n) is 5.42. The van der Waals surface area contributed by atoms with E-state index < -0.39 is 30.6 Å².